The smallest absolute Gasteiger partial charge is 0.227 e. The Kier molecular flexibility index (Phi) is 4.05. The number of carbonyl (C=O) groups excluding carboxylic acids is 1. The van der Waals surface area contributed by atoms with Gasteiger partial charge < -0.3 is 10.4 Å². The number of aliphatic hydroxyl groups excluding tert-OH is 1. The second kappa shape index (κ2) is 5.95. The van der Waals surface area contributed by atoms with Crippen LogP contribution in [0.4, 0.5) is 0 Å². The van der Waals surface area contributed by atoms with E-state index in [1.807, 2.05) is 0 Å². The van der Waals surface area contributed by atoms with E-state index >= 15 is 0 Å². The van der Waals surface area contributed by atoms with E-state index in [4.69, 9.17) is 5.11 Å². The number of aromatic amines is 1. The maximum Gasteiger partial charge on any atom is 0.227 e. The molecule has 0 aromatic carbocycles. The summed E-state index contributed by atoms with van der Waals surface area (Å²) < 4.78 is 0. The molecule has 2 aliphatic carbocycles. The summed E-state index contributed by atoms with van der Waals surface area (Å²) >= 11 is 0. The Labute approximate surface area is 119 Å². The minimum absolute atomic E-state index is 0.0342. The molecule has 1 fully saturated rings. The number of fused-ring (bicyclic) bond motifs is 1. The van der Waals surface area contributed by atoms with Gasteiger partial charge in [-0.3, -0.25) is 9.89 Å². The maximum absolute atomic E-state index is 12.5. The third-order valence-corrected chi connectivity index (χ3v) is 4.81. The number of hydrogen-bond donors (Lipinski definition) is 3. The summed E-state index contributed by atoms with van der Waals surface area (Å²) in [5.41, 5.74) is 2.21. The highest BCUT2D eigenvalue weighted by molar-refractivity contribution is 5.84. The number of amides is 1. The maximum atomic E-state index is 12.5. The average molecular weight is 277 g/mol. The predicted octanol–water partition coefficient (Wildman–Crippen LogP) is 1.50. The summed E-state index contributed by atoms with van der Waals surface area (Å²) in [6.07, 6.45) is 8.78. The standard InChI is InChI=1S/C15H23N3O2/c19-9-10-4-6-11(7-5-10)17-15(20)12-2-1-3-14-13(12)8-16-18-14/h8,10-12,19H,1-7,9H2,(H,16,18)(H,17,20). The monoisotopic (exact) mass is 277 g/mol. The first-order valence-corrected chi connectivity index (χ1v) is 7.71. The molecule has 5 heteroatoms. The highest BCUT2D eigenvalue weighted by atomic mass is 16.3. The summed E-state index contributed by atoms with van der Waals surface area (Å²) in [6, 6.07) is 0.280. The number of hydrogen-bond acceptors (Lipinski definition) is 3. The summed E-state index contributed by atoms with van der Waals surface area (Å²) in [5, 5.41) is 19.4. The van der Waals surface area contributed by atoms with Gasteiger partial charge in [0.15, 0.2) is 0 Å². The Hall–Kier alpha value is -1.36. The molecule has 110 valence electrons. The molecule has 5 nitrogen and oxygen atoms in total. The molecule has 0 bridgehead atoms. The van der Waals surface area contributed by atoms with Gasteiger partial charge >= 0.3 is 0 Å². The van der Waals surface area contributed by atoms with Crippen molar-refractivity contribution in [2.24, 2.45) is 5.92 Å². The number of aromatic nitrogens is 2. The number of aliphatic hydroxyl groups is 1. The third kappa shape index (κ3) is 2.73. The second-order valence-corrected chi connectivity index (χ2v) is 6.16. The molecule has 0 aliphatic heterocycles. The molecular formula is C15H23N3O2. The van der Waals surface area contributed by atoms with Gasteiger partial charge in [0.25, 0.3) is 0 Å². The van der Waals surface area contributed by atoms with Crippen LogP contribution in [-0.2, 0) is 11.2 Å². The molecule has 1 amide bonds. The van der Waals surface area contributed by atoms with Gasteiger partial charge in [0, 0.05) is 23.9 Å². The first-order chi connectivity index (χ1) is 9.78. The Morgan fingerprint density at radius 3 is 2.90 bits per heavy atom. The fourth-order valence-corrected chi connectivity index (χ4v) is 3.52. The van der Waals surface area contributed by atoms with Crippen molar-refractivity contribution in [1.29, 1.82) is 0 Å². The highest BCUT2D eigenvalue weighted by Crippen LogP contribution is 2.31. The number of nitrogens with one attached hydrogen (secondary N) is 2. The first-order valence-electron chi connectivity index (χ1n) is 7.71. The van der Waals surface area contributed by atoms with E-state index in [0.29, 0.717) is 5.92 Å². The van der Waals surface area contributed by atoms with Gasteiger partial charge in [-0.1, -0.05) is 0 Å². The van der Waals surface area contributed by atoms with Gasteiger partial charge in [-0.2, -0.15) is 5.10 Å². The lowest BCUT2D eigenvalue weighted by Gasteiger charge is -2.30. The Bertz CT molecular complexity index is 463. The van der Waals surface area contributed by atoms with Crippen LogP contribution < -0.4 is 5.32 Å². The van der Waals surface area contributed by atoms with Crippen LogP contribution in [0.3, 0.4) is 0 Å². The highest BCUT2D eigenvalue weighted by Gasteiger charge is 2.30. The third-order valence-electron chi connectivity index (χ3n) is 4.81. The number of carbonyl (C=O) groups is 1. The fourth-order valence-electron chi connectivity index (χ4n) is 3.52. The van der Waals surface area contributed by atoms with Crippen LogP contribution in [0.2, 0.25) is 0 Å². The largest absolute Gasteiger partial charge is 0.396 e. The van der Waals surface area contributed by atoms with Crippen LogP contribution in [0, 0.1) is 5.92 Å². The van der Waals surface area contributed by atoms with Crippen molar-refractivity contribution < 1.29 is 9.90 Å². The molecule has 1 aromatic heterocycles. The lowest BCUT2D eigenvalue weighted by atomic mass is 9.84. The molecule has 1 heterocycles. The molecule has 0 radical (unpaired) electrons. The molecule has 2 aliphatic rings. The van der Waals surface area contributed by atoms with E-state index in [1.165, 1.54) is 0 Å². The molecule has 0 spiro atoms. The van der Waals surface area contributed by atoms with Crippen molar-refractivity contribution in [2.75, 3.05) is 6.61 Å². The SMILES string of the molecule is O=C(NC1CCC(CO)CC1)C1CCCc2[nH]ncc21. The average Bonchev–Trinajstić information content (AvgIpc) is 2.96. The zero-order valence-corrected chi connectivity index (χ0v) is 11.8. The molecule has 3 N–H and O–H groups in total. The predicted molar refractivity (Wildman–Crippen MR) is 75.2 cm³/mol. The Balaban J connectivity index is 1.58. The Morgan fingerprint density at radius 1 is 1.35 bits per heavy atom. The second-order valence-electron chi connectivity index (χ2n) is 6.16. The molecule has 0 saturated heterocycles. The first kappa shape index (κ1) is 13.6. The van der Waals surface area contributed by atoms with Gasteiger partial charge in [0.05, 0.1) is 12.1 Å². The number of nitrogens with zero attached hydrogens (tertiary/aromatic N) is 1. The number of H-pyrrole nitrogens is 1. The molecule has 1 saturated carbocycles. The van der Waals surface area contributed by atoms with E-state index in [2.05, 4.69) is 15.5 Å². The van der Waals surface area contributed by atoms with Crippen molar-refractivity contribution in [3.8, 4) is 0 Å². The van der Waals surface area contributed by atoms with Crippen molar-refractivity contribution in [3.05, 3.63) is 17.5 Å². The van der Waals surface area contributed by atoms with Crippen molar-refractivity contribution in [1.82, 2.24) is 15.5 Å². The van der Waals surface area contributed by atoms with Crippen molar-refractivity contribution in [3.63, 3.8) is 0 Å². The Morgan fingerprint density at radius 2 is 2.15 bits per heavy atom. The zero-order chi connectivity index (χ0) is 13.9. The number of rotatable bonds is 3. The summed E-state index contributed by atoms with van der Waals surface area (Å²) in [7, 11) is 0. The minimum atomic E-state index is -0.0342. The van der Waals surface area contributed by atoms with E-state index in [1.54, 1.807) is 6.20 Å². The van der Waals surface area contributed by atoms with E-state index in [9.17, 15) is 4.79 Å². The molecule has 1 unspecified atom stereocenters. The topological polar surface area (TPSA) is 78.0 Å². The van der Waals surface area contributed by atoms with Gasteiger partial charge in [-0.25, -0.2) is 0 Å². The van der Waals surface area contributed by atoms with Crippen molar-refractivity contribution in [2.45, 2.75) is 56.9 Å². The van der Waals surface area contributed by atoms with E-state index < -0.39 is 0 Å². The fraction of sp³-hybridized carbons (Fsp3) is 0.733. The summed E-state index contributed by atoms with van der Waals surface area (Å²) in [6.45, 7) is 0.279. The minimum Gasteiger partial charge on any atom is -0.396 e. The lowest BCUT2D eigenvalue weighted by Crippen LogP contribution is -2.41. The molecule has 1 aromatic rings. The number of aryl methyl sites for hydroxylation is 1. The van der Waals surface area contributed by atoms with E-state index in [0.717, 1.165) is 56.2 Å². The lowest BCUT2D eigenvalue weighted by molar-refractivity contribution is -0.123. The molecule has 3 rings (SSSR count). The van der Waals surface area contributed by atoms with Crippen LogP contribution in [0.25, 0.3) is 0 Å². The van der Waals surface area contributed by atoms with Crippen LogP contribution in [-0.4, -0.2) is 33.9 Å². The summed E-state index contributed by atoms with van der Waals surface area (Å²) in [5.74, 6) is 0.547. The van der Waals surface area contributed by atoms with Crippen LogP contribution in [0.5, 0.6) is 0 Å². The molecule has 1 atom stereocenters. The van der Waals surface area contributed by atoms with Crippen molar-refractivity contribution >= 4 is 5.91 Å². The van der Waals surface area contributed by atoms with Crippen LogP contribution in [0.1, 0.15) is 55.7 Å². The van der Waals surface area contributed by atoms with Gasteiger partial charge in [0.2, 0.25) is 5.91 Å². The van der Waals surface area contributed by atoms with Gasteiger partial charge in [-0.15, -0.1) is 0 Å². The molecular weight excluding hydrogens is 254 g/mol. The van der Waals surface area contributed by atoms with E-state index in [-0.39, 0.29) is 24.5 Å². The molecule has 20 heavy (non-hydrogen) atoms. The van der Waals surface area contributed by atoms with Crippen LogP contribution in [0.15, 0.2) is 6.20 Å². The van der Waals surface area contributed by atoms with Gasteiger partial charge in [0.1, 0.15) is 0 Å². The van der Waals surface area contributed by atoms with Crippen LogP contribution >= 0.6 is 0 Å². The van der Waals surface area contributed by atoms with Gasteiger partial charge in [-0.05, 0) is 50.9 Å². The normalized spacial score (nSPS) is 29.8. The zero-order valence-electron chi connectivity index (χ0n) is 11.8. The quantitative estimate of drug-likeness (QED) is 0.783. The summed E-state index contributed by atoms with van der Waals surface area (Å²) in [4.78, 5) is 12.5.